The summed E-state index contributed by atoms with van der Waals surface area (Å²) in [6, 6.07) is 0. The number of nitrogens with one attached hydrogen (secondary N) is 1. The summed E-state index contributed by atoms with van der Waals surface area (Å²) < 4.78 is 5.70. The fourth-order valence-corrected chi connectivity index (χ4v) is 3.06. The van der Waals surface area contributed by atoms with Gasteiger partial charge >= 0.3 is 0 Å². The third-order valence-corrected chi connectivity index (χ3v) is 4.28. The van der Waals surface area contributed by atoms with Gasteiger partial charge in [0.2, 0.25) is 5.91 Å². The fourth-order valence-electron chi connectivity index (χ4n) is 3.06. The Morgan fingerprint density at radius 1 is 1.53 bits per heavy atom. The van der Waals surface area contributed by atoms with Crippen LogP contribution in [-0.2, 0) is 9.53 Å². The molecule has 2 aliphatic rings. The molecule has 0 bridgehead atoms. The van der Waals surface area contributed by atoms with Gasteiger partial charge in [-0.25, -0.2) is 0 Å². The van der Waals surface area contributed by atoms with Crippen molar-refractivity contribution in [2.75, 3.05) is 6.61 Å². The predicted molar refractivity (Wildman–Crippen MR) is 58.5 cm³/mol. The number of hydrogen-bond donors (Lipinski definition) is 1. The van der Waals surface area contributed by atoms with Crippen LogP contribution in [0.1, 0.15) is 46.5 Å². The van der Waals surface area contributed by atoms with Crippen molar-refractivity contribution < 1.29 is 9.53 Å². The van der Waals surface area contributed by atoms with E-state index in [4.69, 9.17) is 4.74 Å². The second-order valence-electron chi connectivity index (χ2n) is 5.49. The zero-order valence-corrected chi connectivity index (χ0v) is 9.93. The zero-order valence-electron chi connectivity index (χ0n) is 9.93. The molecular weight excluding hydrogens is 190 g/mol. The van der Waals surface area contributed by atoms with Gasteiger partial charge in [-0.1, -0.05) is 6.92 Å². The van der Waals surface area contributed by atoms with Crippen LogP contribution >= 0.6 is 0 Å². The third-order valence-electron chi connectivity index (χ3n) is 4.28. The van der Waals surface area contributed by atoms with E-state index in [-0.39, 0.29) is 16.9 Å². The summed E-state index contributed by atoms with van der Waals surface area (Å²) in [5.41, 5.74) is 0.0598. The minimum absolute atomic E-state index is 0.0682. The fraction of sp³-hybridized carbons (Fsp3) is 0.917. The Hall–Kier alpha value is -0.570. The lowest BCUT2D eigenvalue weighted by atomic mass is 9.65. The van der Waals surface area contributed by atoms with Crippen LogP contribution < -0.4 is 5.32 Å². The topological polar surface area (TPSA) is 38.3 Å². The van der Waals surface area contributed by atoms with Crippen LogP contribution in [0.2, 0.25) is 0 Å². The lowest BCUT2D eigenvalue weighted by Crippen LogP contribution is -2.51. The van der Waals surface area contributed by atoms with Gasteiger partial charge in [-0.2, -0.15) is 0 Å². The summed E-state index contributed by atoms with van der Waals surface area (Å²) in [6.45, 7) is 7.25. The van der Waals surface area contributed by atoms with Crippen molar-refractivity contribution in [1.82, 2.24) is 5.32 Å². The molecule has 0 aromatic heterocycles. The van der Waals surface area contributed by atoms with E-state index < -0.39 is 0 Å². The molecule has 3 heteroatoms. The first-order chi connectivity index (χ1) is 6.99. The maximum absolute atomic E-state index is 11.6. The number of carbonyl (C=O) groups excluding carboxylic acids is 1. The van der Waals surface area contributed by atoms with E-state index in [1.165, 1.54) is 0 Å². The lowest BCUT2D eigenvalue weighted by molar-refractivity contribution is -0.120. The SMILES string of the molecule is CCC1CC2(CCO1)CC(=O)NC2(C)C. The molecule has 0 saturated carbocycles. The molecule has 0 aliphatic carbocycles. The van der Waals surface area contributed by atoms with Gasteiger partial charge in [0.05, 0.1) is 6.10 Å². The van der Waals surface area contributed by atoms with Crippen LogP contribution in [0.5, 0.6) is 0 Å². The molecule has 2 atom stereocenters. The molecule has 2 heterocycles. The largest absolute Gasteiger partial charge is 0.378 e. The number of rotatable bonds is 1. The van der Waals surface area contributed by atoms with Crippen LogP contribution in [0.25, 0.3) is 0 Å². The Morgan fingerprint density at radius 3 is 2.80 bits per heavy atom. The van der Waals surface area contributed by atoms with Crippen molar-refractivity contribution >= 4 is 5.91 Å². The average molecular weight is 211 g/mol. The molecule has 15 heavy (non-hydrogen) atoms. The van der Waals surface area contributed by atoms with Crippen LogP contribution in [0, 0.1) is 5.41 Å². The van der Waals surface area contributed by atoms with Gasteiger partial charge in [-0.3, -0.25) is 4.79 Å². The molecule has 1 N–H and O–H groups in total. The first kappa shape index (κ1) is 10.9. The van der Waals surface area contributed by atoms with Crippen molar-refractivity contribution in [3.05, 3.63) is 0 Å². The second-order valence-corrected chi connectivity index (χ2v) is 5.49. The van der Waals surface area contributed by atoms with Crippen molar-refractivity contribution in [2.45, 2.75) is 58.1 Å². The minimum Gasteiger partial charge on any atom is -0.378 e. The molecule has 2 saturated heterocycles. The van der Waals surface area contributed by atoms with Gasteiger partial charge in [0.1, 0.15) is 0 Å². The highest BCUT2D eigenvalue weighted by atomic mass is 16.5. The molecule has 1 spiro atoms. The highest BCUT2D eigenvalue weighted by molar-refractivity contribution is 5.80. The van der Waals surface area contributed by atoms with Crippen LogP contribution in [0.3, 0.4) is 0 Å². The summed E-state index contributed by atoms with van der Waals surface area (Å²) in [5.74, 6) is 0.205. The average Bonchev–Trinajstić information content (AvgIpc) is 2.36. The molecule has 0 radical (unpaired) electrons. The van der Waals surface area contributed by atoms with E-state index in [2.05, 4.69) is 26.1 Å². The highest BCUT2D eigenvalue weighted by Crippen LogP contribution is 2.49. The summed E-state index contributed by atoms with van der Waals surface area (Å²) in [4.78, 5) is 11.6. The molecule has 3 nitrogen and oxygen atoms in total. The minimum atomic E-state index is -0.0682. The maximum atomic E-state index is 11.6. The number of amides is 1. The van der Waals surface area contributed by atoms with Crippen LogP contribution in [-0.4, -0.2) is 24.2 Å². The van der Waals surface area contributed by atoms with Gasteiger partial charge in [0.25, 0.3) is 0 Å². The standard InChI is InChI=1S/C12H21NO2/c1-4-9-7-12(5-6-15-9)8-10(14)13-11(12,2)3/h9H,4-8H2,1-3H3,(H,13,14). The summed E-state index contributed by atoms with van der Waals surface area (Å²) >= 11 is 0. The Bertz CT molecular complexity index is 275. The van der Waals surface area contributed by atoms with Crippen LogP contribution in [0.15, 0.2) is 0 Å². The van der Waals surface area contributed by atoms with Gasteiger partial charge in [-0.15, -0.1) is 0 Å². The second kappa shape index (κ2) is 3.48. The van der Waals surface area contributed by atoms with Gasteiger partial charge in [0, 0.05) is 24.0 Å². The molecule has 2 aliphatic heterocycles. The lowest BCUT2D eigenvalue weighted by Gasteiger charge is -2.45. The van der Waals surface area contributed by atoms with E-state index in [1.54, 1.807) is 0 Å². The normalized spacial score (nSPS) is 39.4. The van der Waals surface area contributed by atoms with Crippen molar-refractivity contribution in [2.24, 2.45) is 5.41 Å². The quantitative estimate of drug-likeness (QED) is 0.719. The summed E-state index contributed by atoms with van der Waals surface area (Å²) in [7, 11) is 0. The van der Waals surface area contributed by atoms with Crippen molar-refractivity contribution in [3.8, 4) is 0 Å². The molecular formula is C12H21NO2. The van der Waals surface area contributed by atoms with E-state index in [1.807, 2.05) is 0 Å². The molecule has 2 unspecified atom stereocenters. The number of hydrogen-bond acceptors (Lipinski definition) is 2. The van der Waals surface area contributed by atoms with E-state index >= 15 is 0 Å². The Labute approximate surface area is 91.6 Å². The Balaban J connectivity index is 2.21. The van der Waals surface area contributed by atoms with Gasteiger partial charge in [0.15, 0.2) is 0 Å². The monoisotopic (exact) mass is 211 g/mol. The number of carbonyl (C=O) groups is 1. The van der Waals surface area contributed by atoms with E-state index in [0.717, 1.165) is 25.9 Å². The number of ether oxygens (including phenoxy) is 1. The molecule has 2 fully saturated rings. The molecule has 1 amide bonds. The Kier molecular flexibility index (Phi) is 2.53. The molecule has 0 aromatic rings. The van der Waals surface area contributed by atoms with Gasteiger partial charge < -0.3 is 10.1 Å². The zero-order chi connectivity index (χ0) is 11.1. The summed E-state index contributed by atoms with van der Waals surface area (Å²) in [5, 5.41) is 3.10. The van der Waals surface area contributed by atoms with E-state index in [9.17, 15) is 4.79 Å². The third kappa shape index (κ3) is 1.67. The van der Waals surface area contributed by atoms with E-state index in [0.29, 0.717) is 12.5 Å². The van der Waals surface area contributed by atoms with Crippen LogP contribution in [0.4, 0.5) is 0 Å². The predicted octanol–water partition coefficient (Wildman–Crippen LogP) is 1.86. The molecule has 2 rings (SSSR count). The Morgan fingerprint density at radius 2 is 2.27 bits per heavy atom. The first-order valence-corrected chi connectivity index (χ1v) is 5.92. The summed E-state index contributed by atoms with van der Waals surface area (Å²) in [6.07, 6.45) is 4.10. The maximum Gasteiger partial charge on any atom is 0.221 e. The van der Waals surface area contributed by atoms with Gasteiger partial charge in [-0.05, 0) is 33.1 Å². The first-order valence-electron chi connectivity index (χ1n) is 5.92. The van der Waals surface area contributed by atoms with Crippen molar-refractivity contribution in [1.29, 1.82) is 0 Å². The molecule has 0 aromatic carbocycles. The smallest absolute Gasteiger partial charge is 0.221 e. The van der Waals surface area contributed by atoms with Crippen molar-refractivity contribution in [3.63, 3.8) is 0 Å². The highest BCUT2D eigenvalue weighted by Gasteiger charge is 2.54. The molecule has 86 valence electrons.